The van der Waals surface area contributed by atoms with Crippen LogP contribution in [0.25, 0.3) is 0 Å². The molecule has 10 heteroatoms. The third-order valence-electron chi connectivity index (χ3n) is 11.4. The number of ether oxygens (including phenoxy) is 2. The van der Waals surface area contributed by atoms with E-state index < -0.39 is 5.41 Å². The van der Waals surface area contributed by atoms with Gasteiger partial charge in [0.25, 0.3) is 11.8 Å². The Labute approximate surface area is 260 Å². The third-order valence-corrected chi connectivity index (χ3v) is 12.8. The molecule has 0 aromatic carbocycles. The summed E-state index contributed by atoms with van der Waals surface area (Å²) < 4.78 is 18.2. The molecule has 9 nitrogen and oxygen atoms in total. The topological polar surface area (TPSA) is 106 Å². The number of nitrogens with one attached hydrogen (secondary N) is 2. The van der Waals surface area contributed by atoms with Gasteiger partial charge in [0.15, 0.2) is 0 Å². The van der Waals surface area contributed by atoms with Crippen molar-refractivity contribution in [3.8, 4) is 5.88 Å². The fourth-order valence-electron chi connectivity index (χ4n) is 9.22. The third kappa shape index (κ3) is 6.22. The minimum Gasteiger partial charge on any atom is -0.474 e. The number of nitrogens with zero attached hydrogens (tertiary/aromatic N) is 2. The van der Waals surface area contributed by atoms with Crippen LogP contribution in [0.15, 0.2) is 9.42 Å². The monoisotopic (exact) mass is 614 g/mol. The maximum Gasteiger partial charge on any atom is 0.291 e. The van der Waals surface area contributed by atoms with E-state index >= 15 is 0 Å². The molecule has 0 radical (unpaired) electrons. The maximum absolute atomic E-state index is 13.8. The van der Waals surface area contributed by atoms with E-state index in [2.05, 4.69) is 15.8 Å². The van der Waals surface area contributed by atoms with Crippen LogP contribution in [0.2, 0.25) is 0 Å². The van der Waals surface area contributed by atoms with Crippen molar-refractivity contribution in [1.29, 1.82) is 0 Å². The zero-order chi connectivity index (χ0) is 29.6. The quantitative estimate of drug-likeness (QED) is 0.420. The van der Waals surface area contributed by atoms with Crippen molar-refractivity contribution in [3.05, 3.63) is 5.76 Å². The Balaban J connectivity index is 1.02. The summed E-state index contributed by atoms with van der Waals surface area (Å²) in [6, 6.07) is 0.234. The molecular formula is C33H50N4O5S. The van der Waals surface area contributed by atoms with Crippen molar-refractivity contribution < 1.29 is 23.6 Å². The van der Waals surface area contributed by atoms with Gasteiger partial charge in [0.2, 0.25) is 11.7 Å². The molecule has 2 N–H and O–H groups in total. The van der Waals surface area contributed by atoms with E-state index in [0.29, 0.717) is 41.0 Å². The van der Waals surface area contributed by atoms with E-state index in [-0.39, 0.29) is 35.8 Å². The molecule has 238 valence electrons. The number of rotatable bonds is 8. The molecule has 0 atom stereocenters. The predicted molar refractivity (Wildman–Crippen MR) is 164 cm³/mol. The number of carbonyl (C=O) groups is 2. The van der Waals surface area contributed by atoms with E-state index in [1.165, 1.54) is 51.4 Å². The van der Waals surface area contributed by atoms with Crippen molar-refractivity contribution in [1.82, 2.24) is 20.7 Å². The van der Waals surface area contributed by atoms with Crippen LogP contribution in [0.4, 0.5) is 0 Å². The van der Waals surface area contributed by atoms with Gasteiger partial charge in [-0.25, -0.2) is 0 Å². The van der Waals surface area contributed by atoms with Crippen molar-refractivity contribution in [2.24, 2.45) is 29.1 Å². The Hall–Kier alpha value is -1.78. The predicted octanol–water partition coefficient (Wildman–Crippen LogP) is 5.04. The second-order valence-corrected chi connectivity index (χ2v) is 16.4. The highest BCUT2D eigenvalue weighted by atomic mass is 32.2. The lowest BCUT2D eigenvalue weighted by molar-refractivity contribution is -0.150. The first-order valence-electron chi connectivity index (χ1n) is 17.0. The Bertz CT molecular complexity index is 1140. The van der Waals surface area contributed by atoms with Crippen LogP contribution < -0.4 is 15.4 Å². The molecule has 2 amide bonds. The standard InChI is InChI=1S/C33H50N4O5S/c1-32(2,31(39)37-11-8-33(9-12-37)19-34-10-13-41-33)20-40-30-28(43-25-6-4-3-5-7-25)27(42-36-30)29(38)35-26-23-15-21-14-22(17-23)18-24(26)16-21/h21-26,34H,3-20H2,1-2H3,(H,35,38). The lowest BCUT2D eigenvalue weighted by Gasteiger charge is -2.54. The molecule has 2 saturated heterocycles. The van der Waals surface area contributed by atoms with E-state index in [0.717, 1.165) is 57.2 Å². The first-order chi connectivity index (χ1) is 20.8. The average molecular weight is 615 g/mol. The van der Waals surface area contributed by atoms with Gasteiger partial charge in [-0.15, -0.1) is 11.8 Å². The first-order valence-corrected chi connectivity index (χ1v) is 17.9. The number of thioether (sulfide) groups is 1. The molecule has 1 aromatic heterocycles. The molecule has 4 bridgehead atoms. The van der Waals surface area contributed by atoms with Gasteiger partial charge in [0, 0.05) is 37.5 Å². The van der Waals surface area contributed by atoms with Crippen LogP contribution in [-0.2, 0) is 9.53 Å². The van der Waals surface area contributed by atoms with Crippen molar-refractivity contribution in [2.45, 2.75) is 113 Å². The van der Waals surface area contributed by atoms with Gasteiger partial charge >= 0.3 is 0 Å². The molecule has 0 unspecified atom stereocenters. The first kappa shape index (κ1) is 29.9. The van der Waals surface area contributed by atoms with Gasteiger partial charge in [-0.3, -0.25) is 9.59 Å². The number of likely N-dealkylation sites (tertiary alicyclic amines) is 1. The number of amides is 2. The van der Waals surface area contributed by atoms with Gasteiger partial charge in [0.1, 0.15) is 11.5 Å². The Morgan fingerprint density at radius 1 is 1.07 bits per heavy atom. The number of piperidine rings is 1. The molecule has 7 aliphatic rings. The van der Waals surface area contributed by atoms with Gasteiger partial charge in [-0.2, -0.15) is 0 Å². The van der Waals surface area contributed by atoms with E-state index in [4.69, 9.17) is 14.0 Å². The summed E-state index contributed by atoms with van der Waals surface area (Å²) in [5.41, 5.74) is -0.889. The highest BCUT2D eigenvalue weighted by Gasteiger charge is 2.49. The van der Waals surface area contributed by atoms with E-state index in [9.17, 15) is 9.59 Å². The molecule has 43 heavy (non-hydrogen) atoms. The number of hydrogen-bond donors (Lipinski definition) is 2. The number of hydrogen-bond acceptors (Lipinski definition) is 8. The smallest absolute Gasteiger partial charge is 0.291 e. The second-order valence-electron chi connectivity index (χ2n) is 15.1. The van der Waals surface area contributed by atoms with Crippen molar-refractivity contribution >= 4 is 23.6 Å². The minimum atomic E-state index is -0.745. The Morgan fingerprint density at radius 2 is 1.77 bits per heavy atom. The summed E-state index contributed by atoms with van der Waals surface area (Å²) in [7, 11) is 0. The van der Waals surface area contributed by atoms with Gasteiger partial charge in [-0.05, 0) is 100 Å². The second kappa shape index (κ2) is 12.2. The molecule has 2 aliphatic heterocycles. The summed E-state index contributed by atoms with van der Waals surface area (Å²) in [4.78, 5) is 30.1. The molecule has 7 fully saturated rings. The summed E-state index contributed by atoms with van der Waals surface area (Å²) in [5, 5.41) is 11.6. The minimum absolute atomic E-state index is 0.0796. The van der Waals surface area contributed by atoms with E-state index in [1.54, 1.807) is 11.8 Å². The summed E-state index contributed by atoms with van der Waals surface area (Å²) in [5.74, 6) is 3.44. The lowest BCUT2D eigenvalue weighted by Crippen LogP contribution is -2.57. The summed E-state index contributed by atoms with van der Waals surface area (Å²) >= 11 is 1.69. The zero-order valence-electron chi connectivity index (χ0n) is 26.0. The molecular weight excluding hydrogens is 564 g/mol. The average Bonchev–Trinajstić information content (AvgIpc) is 3.41. The highest BCUT2D eigenvalue weighted by Crippen LogP contribution is 2.54. The van der Waals surface area contributed by atoms with Crippen LogP contribution >= 0.6 is 11.8 Å². The Kier molecular flexibility index (Phi) is 8.48. The zero-order valence-corrected chi connectivity index (χ0v) is 26.9. The molecule has 5 saturated carbocycles. The van der Waals surface area contributed by atoms with Gasteiger partial charge < -0.3 is 29.5 Å². The van der Waals surface area contributed by atoms with E-state index in [1.807, 2.05) is 18.7 Å². The fraction of sp³-hybridized carbons (Fsp3) is 0.848. The van der Waals surface area contributed by atoms with Crippen LogP contribution in [0.1, 0.15) is 101 Å². The van der Waals surface area contributed by atoms with Gasteiger partial charge in [-0.1, -0.05) is 19.3 Å². The lowest BCUT2D eigenvalue weighted by atomic mass is 9.54. The molecule has 1 spiro atoms. The largest absolute Gasteiger partial charge is 0.474 e. The van der Waals surface area contributed by atoms with Crippen LogP contribution in [-0.4, -0.2) is 78.2 Å². The highest BCUT2D eigenvalue weighted by molar-refractivity contribution is 8.00. The number of morpholine rings is 1. The number of carbonyl (C=O) groups excluding carboxylic acids is 2. The molecule has 3 heterocycles. The summed E-state index contributed by atoms with van der Waals surface area (Å²) in [6.07, 6.45) is 14.0. The summed E-state index contributed by atoms with van der Waals surface area (Å²) in [6.45, 7) is 7.90. The normalized spacial score (nSPS) is 32.2. The van der Waals surface area contributed by atoms with Crippen LogP contribution in [0, 0.1) is 29.1 Å². The SMILES string of the molecule is CC(C)(COc1noc(C(=O)NC2C3CC4CC(C3)CC2C4)c1SC1CCCCC1)C(=O)N1CCC2(CC1)CNCCO2. The van der Waals surface area contributed by atoms with Crippen molar-refractivity contribution in [2.75, 3.05) is 39.4 Å². The Morgan fingerprint density at radius 3 is 2.42 bits per heavy atom. The fourth-order valence-corrected chi connectivity index (χ4v) is 10.6. The van der Waals surface area contributed by atoms with Crippen molar-refractivity contribution in [3.63, 3.8) is 0 Å². The van der Waals surface area contributed by atoms with Crippen LogP contribution in [0.3, 0.4) is 0 Å². The number of aromatic nitrogens is 1. The molecule has 8 rings (SSSR count). The molecule has 1 aromatic rings. The van der Waals surface area contributed by atoms with Crippen LogP contribution in [0.5, 0.6) is 5.88 Å². The molecule has 5 aliphatic carbocycles. The maximum atomic E-state index is 13.8. The van der Waals surface area contributed by atoms with Gasteiger partial charge in [0.05, 0.1) is 17.6 Å².